The molecule has 1 fully saturated rings. The Morgan fingerprint density at radius 2 is 1.79 bits per heavy atom. The fourth-order valence-corrected chi connectivity index (χ4v) is 5.17. The molecule has 9 nitrogen and oxygen atoms in total. The molecule has 3 amide bonds. The fraction of sp³-hybridized carbons (Fsp3) is 0.464. The van der Waals surface area contributed by atoms with E-state index in [4.69, 9.17) is 9.47 Å². The number of nitrogens with zero attached hydrogens (tertiary/aromatic N) is 1. The highest BCUT2D eigenvalue weighted by Gasteiger charge is 2.30. The summed E-state index contributed by atoms with van der Waals surface area (Å²) in [5.41, 5.74) is 1.04. The Hall–Kier alpha value is -3.40. The third kappa shape index (κ3) is 9.16. The van der Waals surface area contributed by atoms with Crippen LogP contribution >= 0.6 is 11.8 Å². The standard InChI is InChI=1S/C28H37N3O6S/c1-28(2,3)37-26(33)30-22(16-19-12-14-31(15-13-19)27(34)35)25(32)29-21-10-11-24(23(17-21)36-4)38-18-20-8-6-5-7-9-20/h5-11,17,19,22H,12-16,18H2,1-4H3,(H,29,32)(H,30,33)(H,34,35). The zero-order valence-electron chi connectivity index (χ0n) is 22.4. The van der Waals surface area contributed by atoms with Crippen molar-refractivity contribution in [3.05, 3.63) is 54.1 Å². The number of amides is 3. The third-order valence-electron chi connectivity index (χ3n) is 6.13. The van der Waals surface area contributed by atoms with Gasteiger partial charge in [0.1, 0.15) is 17.4 Å². The fourth-order valence-electron chi connectivity index (χ4n) is 4.20. The molecule has 3 N–H and O–H groups in total. The second-order valence-corrected chi connectivity index (χ2v) is 11.3. The van der Waals surface area contributed by atoms with Gasteiger partial charge >= 0.3 is 12.2 Å². The number of piperidine rings is 1. The molecule has 1 saturated heterocycles. The molecule has 3 rings (SSSR count). The normalized spacial score (nSPS) is 14.9. The van der Waals surface area contributed by atoms with Crippen LogP contribution in [0.2, 0.25) is 0 Å². The lowest BCUT2D eigenvalue weighted by Crippen LogP contribution is -2.48. The topological polar surface area (TPSA) is 117 Å². The van der Waals surface area contributed by atoms with Gasteiger partial charge in [-0.25, -0.2) is 9.59 Å². The van der Waals surface area contributed by atoms with E-state index in [0.29, 0.717) is 43.8 Å². The Kier molecular flexibility index (Phi) is 10.3. The Bertz CT molecular complexity index is 1100. The average Bonchev–Trinajstić information content (AvgIpc) is 2.87. The minimum Gasteiger partial charge on any atom is -0.496 e. The van der Waals surface area contributed by atoms with Gasteiger partial charge in [-0.2, -0.15) is 0 Å². The van der Waals surface area contributed by atoms with Crippen LogP contribution in [0.15, 0.2) is 53.4 Å². The van der Waals surface area contributed by atoms with E-state index in [-0.39, 0.29) is 11.8 Å². The summed E-state index contributed by atoms with van der Waals surface area (Å²) >= 11 is 1.64. The summed E-state index contributed by atoms with van der Waals surface area (Å²) in [4.78, 5) is 39.4. The summed E-state index contributed by atoms with van der Waals surface area (Å²) in [6, 6.07) is 14.8. The molecule has 0 radical (unpaired) electrons. The molecule has 0 bridgehead atoms. The molecule has 0 saturated carbocycles. The summed E-state index contributed by atoms with van der Waals surface area (Å²) in [6.07, 6.45) is -0.00366. The van der Waals surface area contributed by atoms with E-state index < -0.39 is 23.8 Å². The van der Waals surface area contributed by atoms with Crippen molar-refractivity contribution in [1.29, 1.82) is 0 Å². The van der Waals surface area contributed by atoms with Crippen LogP contribution in [-0.4, -0.2) is 59.9 Å². The number of alkyl carbamates (subject to hydrolysis) is 1. The molecule has 38 heavy (non-hydrogen) atoms. The lowest BCUT2D eigenvalue weighted by Gasteiger charge is -2.32. The van der Waals surface area contributed by atoms with Crippen LogP contribution in [0, 0.1) is 5.92 Å². The van der Waals surface area contributed by atoms with E-state index in [9.17, 15) is 19.5 Å². The Morgan fingerprint density at radius 1 is 1.11 bits per heavy atom. The van der Waals surface area contributed by atoms with Crippen LogP contribution in [-0.2, 0) is 15.3 Å². The van der Waals surface area contributed by atoms with Gasteiger partial charge in [0.25, 0.3) is 0 Å². The molecule has 10 heteroatoms. The maximum atomic E-state index is 13.3. The predicted octanol–water partition coefficient (Wildman–Crippen LogP) is 5.60. The third-order valence-corrected chi connectivity index (χ3v) is 7.26. The summed E-state index contributed by atoms with van der Waals surface area (Å²) in [6.45, 7) is 6.08. The van der Waals surface area contributed by atoms with Crippen LogP contribution < -0.4 is 15.4 Å². The van der Waals surface area contributed by atoms with Crippen molar-refractivity contribution in [2.75, 3.05) is 25.5 Å². The van der Waals surface area contributed by atoms with E-state index in [0.717, 1.165) is 10.6 Å². The molecule has 0 aromatic heterocycles. The number of nitrogens with one attached hydrogen (secondary N) is 2. The molecule has 1 atom stereocenters. The maximum Gasteiger partial charge on any atom is 0.408 e. The van der Waals surface area contributed by atoms with Gasteiger partial charge in [-0.05, 0) is 63.6 Å². The lowest BCUT2D eigenvalue weighted by atomic mass is 9.90. The number of carbonyl (C=O) groups is 3. The number of hydrogen-bond donors (Lipinski definition) is 3. The lowest BCUT2D eigenvalue weighted by molar-refractivity contribution is -0.118. The summed E-state index contributed by atoms with van der Waals surface area (Å²) < 4.78 is 11.0. The van der Waals surface area contributed by atoms with E-state index in [1.165, 1.54) is 10.5 Å². The van der Waals surface area contributed by atoms with Crippen molar-refractivity contribution in [2.45, 2.75) is 62.3 Å². The molecule has 1 heterocycles. The molecular formula is C28H37N3O6S. The van der Waals surface area contributed by atoms with Crippen LogP contribution in [0.25, 0.3) is 0 Å². The van der Waals surface area contributed by atoms with Crippen molar-refractivity contribution in [2.24, 2.45) is 5.92 Å². The van der Waals surface area contributed by atoms with E-state index >= 15 is 0 Å². The SMILES string of the molecule is COc1cc(NC(=O)C(CC2CCN(C(=O)O)CC2)NC(=O)OC(C)(C)C)ccc1SCc1ccccc1. The van der Waals surface area contributed by atoms with Gasteiger partial charge < -0.3 is 30.1 Å². The van der Waals surface area contributed by atoms with Gasteiger partial charge in [0.15, 0.2) is 0 Å². The Morgan fingerprint density at radius 3 is 2.39 bits per heavy atom. The molecule has 1 aliphatic heterocycles. The monoisotopic (exact) mass is 543 g/mol. The molecule has 0 aliphatic carbocycles. The molecule has 1 unspecified atom stereocenters. The molecule has 2 aromatic rings. The van der Waals surface area contributed by atoms with Crippen molar-refractivity contribution in [3.63, 3.8) is 0 Å². The van der Waals surface area contributed by atoms with Gasteiger partial charge in [0.05, 0.1) is 7.11 Å². The number of hydrogen-bond acceptors (Lipinski definition) is 6. The highest BCUT2D eigenvalue weighted by molar-refractivity contribution is 7.98. The highest BCUT2D eigenvalue weighted by atomic mass is 32.2. The number of carbonyl (C=O) groups excluding carboxylic acids is 2. The first-order valence-corrected chi connectivity index (χ1v) is 13.7. The number of carboxylic acid groups (broad SMARTS) is 1. The number of rotatable bonds is 9. The van der Waals surface area contributed by atoms with Gasteiger partial charge in [-0.1, -0.05) is 30.3 Å². The van der Waals surface area contributed by atoms with Crippen molar-refractivity contribution in [3.8, 4) is 5.75 Å². The van der Waals surface area contributed by atoms with Crippen LogP contribution in [0.4, 0.5) is 15.3 Å². The highest BCUT2D eigenvalue weighted by Crippen LogP contribution is 2.34. The largest absolute Gasteiger partial charge is 0.496 e. The second-order valence-electron chi connectivity index (χ2n) is 10.3. The van der Waals surface area contributed by atoms with E-state index in [2.05, 4.69) is 22.8 Å². The van der Waals surface area contributed by atoms with Crippen LogP contribution in [0.3, 0.4) is 0 Å². The summed E-state index contributed by atoms with van der Waals surface area (Å²) in [5, 5.41) is 14.8. The minimum absolute atomic E-state index is 0.0857. The van der Waals surface area contributed by atoms with E-state index in [1.807, 2.05) is 30.3 Å². The predicted molar refractivity (Wildman–Crippen MR) is 148 cm³/mol. The van der Waals surface area contributed by atoms with Gasteiger partial charge in [-0.15, -0.1) is 11.8 Å². The quantitative estimate of drug-likeness (QED) is 0.353. The van der Waals surface area contributed by atoms with Gasteiger partial charge in [0.2, 0.25) is 5.91 Å². The second kappa shape index (κ2) is 13.4. The first kappa shape index (κ1) is 29.2. The Balaban J connectivity index is 1.68. The first-order valence-electron chi connectivity index (χ1n) is 12.7. The zero-order chi connectivity index (χ0) is 27.7. The number of ether oxygens (including phenoxy) is 2. The number of anilines is 1. The molecule has 1 aliphatic rings. The smallest absolute Gasteiger partial charge is 0.408 e. The van der Waals surface area contributed by atoms with Gasteiger partial charge in [-0.3, -0.25) is 4.79 Å². The number of benzene rings is 2. The average molecular weight is 544 g/mol. The molecule has 2 aromatic carbocycles. The molecule has 0 spiro atoms. The van der Waals surface area contributed by atoms with Crippen molar-refractivity contribution in [1.82, 2.24) is 10.2 Å². The minimum atomic E-state index is -0.941. The molecular weight excluding hydrogens is 506 g/mol. The zero-order valence-corrected chi connectivity index (χ0v) is 23.2. The van der Waals surface area contributed by atoms with E-state index in [1.54, 1.807) is 45.7 Å². The van der Waals surface area contributed by atoms with Crippen molar-refractivity contribution < 1.29 is 29.0 Å². The van der Waals surface area contributed by atoms with Crippen molar-refractivity contribution >= 4 is 35.5 Å². The van der Waals surface area contributed by atoms with Crippen LogP contribution in [0.1, 0.15) is 45.6 Å². The number of likely N-dealkylation sites (tertiary alicyclic amines) is 1. The number of methoxy groups -OCH3 is 1. The summed E-state index contributed by atoms with van der Waals surface area (Å²) in [5.74, 6) is 1.14. The Labute approximate surface area is 228 Å². The van der Waals surface area contributed by atoms with Gasteiger partial charge in [0, 0.05) is 35.5 Å². The summed E-state index contributed by atoms with van der Waals surface area (Å²) in [7, 11) is 1.59. The van der Waals surface area contributed by atoms with Crippen LogP contribution in [0.5, 0.6) is 5.75 Å². The maximum absolute atomic E-state index is 13.3. The number of thioether (sulfide) groups is 1. The molecule has 206 valence electrons. The first-order chi connectivity index (χ1) is 18.0.